The van der Waals surface area contributed by atoms with E-state index in [1.807, 2.05) is 19.1 Å². The van der Waals surface area contributed by atoms with Crippen molar-refractivity contribution in [1.82, 2.24) is 5.32 Å². The molecular formula is C23H22FNO4S. The monoisotopic (exact) mass is 427 g/mol. The Morgan fingerprint density at radius 1 is 0.967 bits per heavy atom. The van der Waals surface area contributed by atoms with E-state index in [0.717, 1.165) is 17.7 Å². The molecule has 0 aromatic heterocycles. The van der Waals surface area contributed by atoms with Crippen molar-refractivity contribution in [2.45, 2.75) is 17.1 Å². The highest BCUT2D eigenvalue weighted by molar-refractivity contribution is 7.91. The fraction of sp³-hybridized carbons (Fsp3) is 0.174. The second kappa shape index (κ2) is 9.54. The number of carbonyl (C=O) groups excluding carboxylic acids is 1. The molecule has 3 rings (SSSR count). The molecule has 0 aliphatic carbocycles. The van der Waals surface area contributed by atoms with Crippen LogP contribution in [0.15, 0.2) is 83.8 Å². The number of aryl methyl sites for hydroxylation is 1. The second-order valence-corrected chi connectivity index (χ2v) is 8.93. The molecule has 156 valence electrons. The van der Waals surface area contributed by atoms with E-state index in [0.29, 0.717) is 11.3 Å². The number of hydrogen-bond acceptors (Lipinski definition) is 4. The van der Waals surface area contributed by atoms with E-state index in [9.17, 15) is 17.6 Å². The van der Waals surface area contributed by atoms with Gasteiger partial charge in [0.15, 0.2) is 16.4 Å². The van der Waals surface area contributed by atoms with Gasteiger partial charge in [0.1, 0.15) is 16.8 Å². The average molecular weight is 427 g/mol. The number of carbonyl (C=O) groups is 1. The van der Waals surface area contributed by atoms with Gasteiger partial charge in [0.05, 0.1) is 4.90 Å². The van der Waals surface area contributed by atoms with Crippen molar-refractivity contribution in [3.05, 3.63) is 95.8 Å². The van der Waals surface area contributed by atoms with Gasteiger partial charge < -0.3 is 10.1 Å². The highest BCUT2D eigenvalue weighted by Gasteiger charge is 2.29. The third kappa shape index (κ3) is 5.45. The summed E-state index contributed by atoms with van der Waals surface area (Å²) in [4.78, 5) is 12.2. The van der Waals surface area contributed by atoms with Gasteiger partial charge in [0, 0.05) is 6.54 Å². The highest BCUT2D eigenvalue weighted by atomic mass is 32.2. The summed E-state index contributed by atoms with van der Waals surface area (Å²) in [5.41, 5.74) is 1.60. The lowest BCUT2D eigenvalue weighted by Gasteiger charge is -2.19. The quantitative estimate of drug-likeness (QED) is 0.555. The molecule has 0 bridgehead atoms. The number of hydrogen-bond donors (Lipinski definition) is 1. The van der Waals surface area contributed by atoms with Crippen LogP contribution in [0.4, 0.5) is 4.39 Å². The fourth-order valence-electron chi connectivity index (χ4n) is 2.90. The molecule has 0 aliphatic heterocycles. The van der Waals surface area contributed by atoms with Crippen molar-refractivity contribution in [2.75, 3.05) is 13.2 Å². The summed E-state index contributed by atoms with van der Waals surface area (Å²) in [7, 11) is -3.86. The van der Waals surface area contributed by atoms with Crippen LogP contribution in [0.1, 0.15) is 16.4 Å². The van der Waals surface area contributed by atoms with Crippen molar-refractivity contribution in [1.29, 1.82) is 0 Å². The van der Waals surface area contributed by atoms with Gasteiger partial charge in [-0.25, -0.2) is 12.8 Å². The van der Waals surface area contributed by atoms with Gasteiger partial charge in [0.2, 0.25) is 0 Å². The van der Waals surface area contributed by atoms with E-state index in [1.165, 1.54) is 12.1 Å². The molecule has 1 N–H and O–H groups in total. The SMILES string of the molecule is Cc1ccc(OCC(=O)NCC(c2ccccc2)S(=O)(=O)c2ccc(F)cc2)cc1. The Bertz CT molecular complexity index is 1080. The Morgan fingerprint density at radius 3 is 2.23 bits per heavy atom. The smallest absolute Gasteiger partial charge is 0.257 e. The molecule has 0 saturated carbocycles. The first-order valence-corrected chi connectivity index (χ1v) is 10.9. The standard InChI is InChI=1S/C23H22FNO4S/c1-17-7-11-20(12-8-17)29-16-23(26)25-15-22(18-5-3-2-4-6-18)30(27,28)21-13-9-19(24)10-14-21/h2-14,22H,15-16H2,1H3,(H,25,26). The van der Waals surface area contributed by atoms with Gasteiger partial charge in [-0.3, -0.25) is 4.79 Å². The zero-order valence-corrected chi connectivity index (χ0v) is 17.2. The molecule has 5 nitrogen and oxygen atoms in total. The van der Waals surface area contributed by atoms with Crippen LogP contribution in [0.5, 0.6) is 5.75 Å². The van der Waals surface area contributed by atoms with E-state index in [-0.39, 0.29) is 18.0 Å². The van der Waals surface area contributed by atoms with Crippen LogP contribution in [0.25, 0.3) is 0 Å². The van der Waals surface area contributed by atoms with Gasteiger partial charge >= 0.3 is 0 Å². The van der Waals surface area contributed by atoms with E-state index in [4.69, 9.17) is 4.74 Å². The Balaban J connectivity index is 1.72. The molecule has 3 aromatic carbocycles. The maximum absolute atomic E-state index is 13.2. The van der Waals surface area contributed by atoms with Crippen LogP contribution in [-0.2, 0) is 14.6 Å². The summed E-state index contributed by atoms with van der Waals surface area (Å²) >= 11 is 0. The molecule has 1 atom stereocenters. The number of halogens is 1. The van der Waals surface area contributed by atoms with Crippen LogP contribution < -0.4 is 10.1 Å². The van der Waals surface area contributed by atoms with Crippen LogP contribution >= 0.6 is 0 Å². The molecule has 0 radical (unpaired) electrons. The molecule has 0 fully saturated rings. The molecule has 1 unspecified atom stereocenters. The lowest BCUT2D eigenvalue weighted by Crippen LogP contribution is -2.35. The van der Waals surface area contributed by atoms with Gasteiger partial charge in [-0.05, 0) is 48.9 Å². The van der Waals surface area contributed by atoms with Gasteiger partial charge in [0.25, 0.3) is 5.91 Å². The van der Waals surface area contributed by atoms with Crippen molar-refractivity contribution in [2.24, 2.45) is 0 Å². The van der Waals surface area contributed by atoms with Crippen molar-refractivity contribution >= 4 is 15.7 Å². The second-order valence-electron chi connectivity index (χ2n) is 6.80. The molecule has 1 amide bonds. The largest absolute Gasteiger partial charge is 0.484 e. The molecule has 0 spiro atoms. The Labute approximate surface area is 175 Å². The number of nitrogens with one attached hydrogen (secondary N) is 1. The number of rotatable bonds is 8. The number of amides is 1. The van der Waals surface area contributed by atoms with Gasteiger partial charge in [-0.15, -0.1) is 0 Å². The lowest BCUT2D eigenvalue weighted by molar-refractivity contribution is -0.123. The minimum atomic E-state index is -3.86. The minimum absolute atomic E-state index is 0.0112. The first kappa shape index (κ1) is 21.5. The number of benzene rings is 3. The van der Waals surface area contributed by atoms with E-state index < -0.39 is 26.8 Å². The fourth-order valence-corrected chi connectivity index (χ4v) is 4.57. The maximum Gasteiger partial charge on any atom is 0.257 e. The normalized spacial score (nSPS) is 12.2. The summed E-state index contributed by atoms with van der Waals surface area (Å²) in [6, 6.07) is 20.5. The third-order valence-corrected chi connectivity index (χ3v) is 6.68. The van der Waals surface area contributed by atoms with Crippen LogP contribution in [0.2, 0.25) is 0 Å². The zero-order valence-electron chi connectivity index (χ0n) is 16.4. The van der Waals surface area contributed by atoms with Crippen LogP contribution in [-0.4, -0.2) is 27.5 Å². The summed E-state index contributed by atoms with van der Waals surface area (Å²) in [6.07, 6.45) is 0. The zero-order chi connectivity index (χ0) is 21.6. The third-order valence-electron chi connectivity index (χ3n) is 4.56. The topological polar surface area (TPSA) is 72.5 Å². The first-order chi connectivity index (χ1) is 14.4. The van der Waals surface area contributed by atoms with Crippen molar-refractivity contribution in [3.8, 4) is 5.75 Å². The molecule has 0 aliphatic rings. The highest BCUT2D eigenvalue weighted by Crippen LogP contribution is 2.28. The predicted octanol–water partition coefficient (Wildman–Crippen LogP) is 3.84. The summed E-state index contributed by atoms with van der Waals surface area (Å²) in [6.45, 7) is 1.57. The molecule has 3 aromatic rings. The number of ether oxygens (including phenoxy) is 1. The summed E-state index contributed by atoms with van der Waals surface area (Å²) < 4.78 is 45.0. The summed E-state index contributed by atoms with van der Waals surface area (Å²) in [5, 5.41) is 1.61. The van der Waals surface area contributed by atoms with E-state index in [1.54, 1.807) is 42.5 Å². The molecule has 0 heterocycles. The van der Waals surface area contributed by atoms with E-state index in [2.05, 4.69) is 5.32 Å². The van der Waals surface area contributed by atoms with Crippen LogP contribution in [0.3, 0.4) is 0 Å². The maximum atomic E-state index is 13.2. The average Bonchev–Trinajstić information content (AvgIpc) is 2.74. The molecule has 0 saturated heterocycles. The Kier molecular flexibility index (Phi) is 6.84. The van der Waals surface area contributed by atoms with Gasteiger partial charge in [-0.1, -0.05) is 48.0 Å². The lowest BCUT2D eigenvalue weighted by atomic mass is 10.1. The number of sulfone groups is 1. The minimum Gasteiger partial charge on any atom is -0.484 e. The molecule has 30 heavy (non-hydrogen) atoms. The summed E-state index contributed by atoms with van der Waals surface area (Å²) in [5.74, 6) is -0.410. The van der Waals surface area contributed by atoms with Crippen molar-refractivity contribution < 1.29 is 22.3 Å². The van der Waals surface area contributed by atoms with E-state index >= 15 is 0 Å². The molecular weight excluding hydrogens is 405 g/mol. The Morgan fingerprint density at radius 2 is 1.60 bits per heavy atom. The van der Waals surface area contributed by atoms with Crippen LogP contribution in [0, 0.1) is 12.7 Å². The first-order valence-electron chi connectivity index (χ1n) is 9.37. The van der Waals surface area contributed by atoms with Crippen molar-refractivity contribution in [3.63, 3.8) is 0 Å². The Hall–Kier alpha value is -3.19. The molecule has 7 heteroatoms. The van der Waals surface area contributed by atoms with Gasteiger partial charge in [-0.2, -0.15) is 0 Å². The predicted molar refractivity (Wildman–Crippen MR) is 112 cm³/mol.